The second-order valence-corrected chi connectivity index (χ2v) is 11.8. The molecule has 0 unspecified atom stereocenters. The van der Waals surface area contributed by atoms with Gasteiger partial charge in [0.25, 0.3) is 0 Å². The second-order valence-electron chi connectivity index (χ2n) is 11.8. The Labute approximate surface area is 268 Å². The van der Waals surface area contributed by atoms with Crippen molar-refractivity contribution in [3.63, 3.8) is 0 Å². The van der Waals surface area contributed by atoms with Crippen molar-refractivity contribution in [1.29, 1.82) is 0 Å². The third kappa shape index (κ3) is 4.19. The van der Waals surface area contributed by atoms with E-state index in [2.05, 4.69) is 191 Å². The van der Waals surface area contributed by atoms with Gasteiger partial charge in [-0.2, -0.15) is 0 Å². The lowest BCUT2D eigenvalue weighted by molar-refractivity contribution is 1.19. The number of para-hydroxylation sites is 3. The van der Waals surface area contributed by atoms with E-state index in [9.17, 15) is 0 Å². The number of nitrogens with zero attached hydrogens (tertiary/aromatic N) is 2. The van der Waals surface area contributed by atoms with Gasteiger partial charge in [0.2, 0.25) is 0 Å². The van der Waals surface area contributed by atoms with Crippen LogP contribution in [0, 0.1) is 0 Å². The molecule has 1 heterocycles. The molecule has 0 fully saturated rings. The Morgan fingerprint density at radius 1 is 0.326 bits per heavy atom. The molecule has 9 rings (SSSR count). The first kappa shape index (κ1) is 26.3. The molecule has 46 heavy (non-hydrogen) atoms. The minimum atomic E-state index is 1.13. The summed E-state index contributed by atoms with van der Waals surface area (Å²) in [4.78, 5) is 2.29. The molecule has 0 saturated carbocycles. The molecule has 0 atom stereocenters. The van der Waals surface area contributed by atoms with Gasteiger partial charge < -0.3 is 9.47 Å². The highest BCUT2D eigenvalue weighted by Gasteiger charge is 2.18. The zero-order valence-electron chi connectivity index (χ0n) is 25.2. The van der Waals surface area contributed by atoms with Gasteiger partial charge in [-0.15, -0.1) is 0 Å². The summed E-state index contributed by atoms with van der Waals surface area (Å²) in [7, 11) is 0. The molecule has 0 aliphatic carbocycles. The van der Waals surface area contributed by atoms with Crippen molar-refractivity contribution in [2.75, 3.05) is 4.90 Å². The molecule has 0 saturated heterocycles. The minimum absolute atomic E-state index is 1.13. The molecule has 0 N–H and O–H groups in total. The zero-order valence-corrected chi connectivity index (χ0v) is 25.2. The lowest BCUT2D eigenvalue weighted by Gasteiger charge is -2.25. The Bertz CT molecular complexity index is 2450. The Balaban J connectivity index is 1.16. The maximum atomic E-state index is 2.45. The third-order valence-electron chi connectivity index (χ3n) is 9.16. The van der Waals surface area contributed by atoms with Crippen LogP contribution in [0.15, 0.2) is 182 Å². The average molecular weight is 587 g/mol. The van der Waals surface area contributed by atoms with Crippen LogP contribution >= 0.6 is 0 Å². The van der Waals surface area contributed by atoms with Crippen LogP contribution in [0.4, 0.5) is 17.1 Å². The summed E-state index contributed by atoms with van der Waals surface area (Å²) in [6.45, 7) is 0. The molecule has 0 bridgehead atoms. The molecule has 0 aliphatic heterocycles. The number of fused-ring (bicyclic) bond motifs is 8. The summed E-state index contributed by atoms with van der Waals surface area (Å²) in [5.41, 5.74) is 9.42. The smallest absolute Gasteiger partial charge is 0.0625 e. The van der Waals surface area contributed by atoms with Crippen LogP contribution in [0.5, 0.6) is 0 Å². The Kier molecular flexibility index (Phi) is 6.17. The standard InChI is InChI=1S/C44H30N2/c1-3-13-33(14-4-1)45(34-15-5-2-6-16-34)35-27-23-31(24-28-35)32-25-29-36(30-26-32)46-42-22-12-11-21-41(42)43-39-19-9-7-17-37(39)38-18-8-10-20-40(38)44(43)46/h1-30H. The van der Waals surface area contributed by atoms with Crippen molar-refractivity contribution in [1.82, 2.24) is 4.57 Å². The molecular formula is C44H30N2. The van der Waals surface area contributed by atoms with E-state index < -0.39 is 0 Å². The summed E-state index contributed by atoms with van der Waals surface area (Å²) in [5, 5.41) is 7.74. The number of anilines is 3. The fourth-order valence-electron chi connectivity index (χ4n) is 7.10. The number of benzene rings is 8. The summed E-state index contributed by atoms with van der Waals surface area (Å²) in [6, 6.07) is 65.4. The highest BCUT2D eigenvalue weighted by molar-refractivity contribution is 6.32. The Hall–Kier alpha value is -6.12. The van der Waals surface area contributed by atoms with Crippen molar-refractivity contribution in [2.24, 2.45) is 0 Å². The quantitative estimate of drug-likeness (QED) is 0.182. The van der Waals surface area contributed by atoms with E-state index in [0.717, 1.165) is 22.7 Å². The fourth-order valence-corrected chi connectivity index (χ4v) is 7.10. The molecule has 0 spiro atoms. The van der Waals surface area contributed by atoms with Crippen LogP contribution in [0.2, 0.25) is 0 Å². The van der Waals surface area contributed by atoms with Gasteiger partial charge in [-0.25, -0.2) is 0 Å². The summed E-state index contributed by atoms with van der Waals surface area (Å²) >= 11 is 0. The fraction of sp³-hybridized carbons (Fsp3) is 0. The second kappa shape index (κ2) is 10.8. The molecule has 1 aromatic heterocycles. The Morgan fingerprint density at radius 2 is 0.761 bits per heavy atom. The maximum Gasteiger partial charge on any atom is 0.0625 e. The molecule has 2 nitrogen and oxygen atoms in total. The minimum Gasteiger partial charge on any atom is -0.311 e. The van der Waals surface area contributed by atoms with Gasteiger partial charge in [0.15, 0.2) is 0 Å². The van der Waals surface area contributed by atoms with Crippen LogP contribution in [-0.4, -0.2) is 4.57 Å². The topological polar surface area (TPSA) is 8.17 Å². The van der Waals surface area contributed by atoms with E-state index in [1.165, 1.54) is 54.5 Å². The van der Waals surface area contributed by atoms with Crippen LogP contribution < -0.4 is 4.90 Å². The molecular weight excluding hydrogens is 556 g/mol. The molecule has 0 aliphatic rings. The SMILES string of the molecule is c1ccc(N(c2ccccc2)c2ccc(-c3ccc(-n4c5ccccc5c5c6ccccc6c6ccccc6c54)cc3)cc2)cc1. The van der Waals surface area contributed by atoms with Crippen molar-refractivity contribution < 1.29 is 0 Å². The van der Waals surface area contributed by atoms with E-state index in [1.807, 2.05) is 0 Å². The largest absolute Gasteiger partial charge is 0.311 e. The first-order valence-corrected chi connectivity index (χ1v) is 15.8. The maximum absolute atomic E-state index is 2.45. The highest BCUT2D eigenvalue weighted by Crippen LogP contribution is 2.42. The normalized spacial score (nSPS) is 11.5. The van der Waals surface area contributed by atoms with Crippen LogP contribution in [0.1, 0.15) is 0 Å². The molecule has 8 aromatic carbocycles. The summed E-state index contributed by atoms with van der Waals surface area (Å²) < 4.78 is 2.45. The van der Waals surface area contributed by atoms with Crippen LogP contribution in [0.3, 0.4) is 0 Å². The van der Waals surface area contributed by atoms with E-state index in [-0.39, 0.29) is 0 Å². The van der Waals surface area contributed by atoms with Crippen molar-refractivity contribution in [3.8, 4) is 16.8 Å². The molecule has 2 heteroatoms. The summed E-state index contributed by atoms with van der Waals surface area (Å²) in [5.74, 6) is 0. The Morgan fingerprint density at radius 3 is 1.37 bits per heavy atom. The predicted octanol–water partition coefficient (Wildman–Crippen LogP) is 12.2. The average Bonchev–Trinajstić information content (AvgIpc) is 3.49. The van der Waals surface area contributed by atoms with Gasteiger partial charge in [-0.3, -0.25) is 0 Å². The van der Waals surface area contributed by atoms with Gasteiger partial charge in [0.05, 0.1) is 11.0 Å². The summed E-state index contributed by atoms with van der Waals surface area (Å²) in [6.07, 6.45) is 0. The number of hydrogen-bond acceptors (Lipinski definition) is 1. The third-order valence-corrected chi connectivity index (χ3v) is 9.16. The van der Waals surface area contributed by atoms with Crippen molar-refractivity contribution in [2.45, 2.75) is 0 Å². The lowest BCUT2D eigenvalue weighted by Crippen LogP contribution is -2.09. The number of rotatable bonds is 5. The molecule has 0 amide bonds. The van der Waals surface area contributed by atoms with Crippen LogP contribution in [0.25, 0.3) is 60.2 Å². The number of aromatic nitrogens is 1. The van der Waals surface area contributed by atoms with E-state index in [4.69, 9.17) is 0 Å². The van der Waals surface area contributed by atoms with E-state index in [1.54, 1.807) is 0 Å². The van der Waals surface area contributed by atoms with Gasteiger partial charge in [-0.1, -0.05) is 127 Å². The first-order valence-electron chi connectivity index (χ1n) is 15.8. The monoisotopic (exact) mass is 586 g/mol. The zero-order chi connectivity index (χ0) is 30.5. The first-order chi connectivity index (χ1) is 22.8. The van der Waals surface area contributed by atoms with Crippen molar-refractivity contribution >= 4 is 60.4 Å². The van der Waals surface area contributed by atoms with Crippen LogP contribution in [-0.2, 0) is 0 Å². The van der Waals surface area contributed by atoms with E-state index >= 15 is 0 Å². The van der Waals surface area contributed by atoms with Gasteiger partial charge >= 0.3 is 0 Å². The highest BCUT2D eigenvalue weighted by atomic mass is 15.1. The lowest BCUT2D eigenvalue weighted by atomic mass is 9.97. The van der Waals surface area contributed by atoms with Gasteiger partial charge in [0.1, 0.15) is 0 Å². The van der Waals surface area contributed by atoms with Gasteiger partial charge in [-0.05, 0) is 81.9 Å². The molecule has 216 valence electrons. The van der Waals surface area contributed by atoms with Gasteiger partial charge in [0, 0.05) is 38.9 Å². The molecule has 0 radical (unpaired) electrons. The van der Waals surface area contributed by atoms with E-state index in [0.29, 0.717) is 0 Å². The molecule has 9 aromatic rings. The predicted molar refractivity (Wildman–Crippen MR) is 196 cm³/mol. The van der Waals surface area contributed by atoms with Crippen molar-refractivity contribution in [3.05, 3.63) is 182 Å². The number of hydrogen-bond donors (Lipinski definition) is 0.